The van der Waals surface area contributed by atoms with Crippen LogP contribution in [0.5, 0.6) is 0 Å². The Morgan fingerprint density at radius 3 is 2.67 bits per heavy atom. The highest BCUT2D eigenvalue weighted by atomic mass is 79.9. The van der Waals surface area contributed by atoms with E-state index < -0.39 is 0 Å². The summed E-state index contributed by atoms with van der Waals surface area (Å²) in [6.45, 7) is 2.19. The minimum atomic E-state index is 0.513. The van der Waals surface area contributed by atoms with Gasteiger partial charge in [0.2, 0.25) is 0 Å². The molecule has 2 aromatic rings. The number of halogens is 1. The molecule has 0 radical (unpaired) electrons. The molecule has 4 nitrogen and oxygen atoms in total. The highest BCUT2D eigenvalue weighted by Crippen LogP contribution is 2.27. The van der Waals surface area contributed by atoms with Gasteiger partial charge in [-0.05, 0) is 37.0 Å². The van der Waals surface area contributed by atoms with Gasteiger partial charge >= 0.3 is 0 Å². The Morgan fingerprint density at radius 1 is 1.19 bits per heavy atom. The van der Waals surface area contributed by atoms with Gasteiger partial charge in [0.15, 0.2) is 0 Å². The number of aromatic nitrogens is 2. The molecule has 21 heavy (non-hydrogen) atoms. The van der Waals surface area contributed by atoms with E-state index in [1.807, 2.05) is 24.3 Å². The third-order valence-corrected chi connectivity index (χ3v) is 4.14. The van der Waals surface area contributed by atoms with Crippen LogP contribution in [0.15, 0.2) is 40.0 Å². The fraction of sp³-hybridized carbons (Fsp3) is 0.312. The van der Waals surface area contributed by atoms with E-state index >= 15 is 0 Å². The first-order valence-corrected chi connectivity index (χ1v) is 7.69. The summed E-state index contributed by atoms with van der Waals surface area (Å²) in [6, 6.07) is 10.1. The zero-order valence-corrected chi connectivity index (χ0v) is 13.6. The summed E-state index contributed by atoms with van der Waals surface area (Å²) >= 11 is 3.44. The van der Waals surface area contributed by atoms with Gasteiger partial charge in [-0.1, -0.05) is 40.1 Å². The van der Waals surface area contributed by atoms with Gasteiger partial charge in [-0.25, -0.2) is 0 Å². The lowest BCUT2D eigenvalue weighted by atomic mass is 9.86. The third-order valence-electron chi connectivity index (χ3n) is 3.61. The van der Waals surface area contributed by atoms with Gasteiger partial charge < -0.3 is 4.84 Å². The Balaban J connectivity index is 2.05. The molecule has 0 fully saturated rings. The normalized spacial score (nSPS) is 19.4. The molecule has 1 aromatic carbocycles. The van der Waals surface area contributed by atoms with Crippen molar-refractivity contribution in [3.05, 3.63) is 46.1 Å². The molecule has 1 aliphatic rings. The zero-order chi connectivity index (χ0) is 14.8. The first kappa shape index (κ1) is 14.2. The molecular formula is C16H16BrN3O. The highest BCUT2D eigenvalue weighted by Gasteiger charge is 2.23. The van der Waals surface area contributed by atoms with Gasteiger partial charge in [0.05, 0.1) is 17.1 Å². The van der Waals surface area contributed by atoms with Crippen LogP contribution >= 0.6 is 15.9 Å². The number of hydrogen-bond acceptors (Lipinski definition) is 4. The lowest BCUT2D eigenvalue weighted by Crippen LogP contribution is -2.21. The Labute approximate surface area is 132 Å². The van der Waals surface area contributed by atoms with Gasteiger partial charge in [-0.2, -0.15) is 10.2 Å². The molecule has 0 N–H and O–H groups in total. The minimum absolute atomic E-state index is 0.513. The molecular weight excluding hydrogens is 330 g/mol. The second kappa shape index (κ2) is 5.93. The van der Waals surface area contributed by atoms with Crippen molar-refractivity contribution in [1.29, 1.82) is 0 Å². The van der Waals surface area contributed by atoms with Crippen molar-refractivity contribution in [3.63, 3.8) is 0 Å². The SMILES string of the molecule is CON=C1CC(C)Cc2nnc(-c3ccc(Br)cc3)cc21. The van der Waals surface area contributed by atoms with E-state index in [0.717, 1.165) is 45.5 Å². The molecule has 0 amide bonds. The van der Waals surface area contributed by atoms with E-state index in [9.17, 15) is 0 Å². The molecule has 0 saturated carbocycles. The van der Waals surface area contributed by atoms with Gasteiger partial charge in [0.25, 0.3) is 0 Å². The van der Waals surface area contributed by atoms with E-state index in [1.165, 1.54) is 0 Å². The standard InChI is InChI=1S/C16H16BrN3O/c1-10-7-15-13(16(8-10)20-21-2)9-14(18-19-15)11-3-5-12(17)6-4-11/h3-6,9-10H,7-8H2,1-2H3. The number of fused-ring (bicyclic) bond motifs is 1. The van der Waals surface area contributed by atoms with Crippen LogP contribution in [0.25, 0.3) is 11.3 Å². The van der Waals surface area contributed by atoms with Crippen molar-refractivity contribution in [1.82, 2.24) is 10.2 Å². The largest absolute Gasteiger partial charge is 0.399 e. The summed E-state index contributed by atoms with van der Waals surface area (Å²) in [6.07, 6.45) is 1.85. The zero-order valence-electron chi connectivity index (χ0n) is 12.0. The van der Waals surface area contributed by atoms with Crippen molar-refractivity contribution in [2.24, 2.45) is 11.1 Å². The quantitative estimate of drug-likeness (QED) is 0.777. The number of benzene rings is 1. The van der Waals surface area contributed by atoms with E-state index in [1.54, 1.807) is 7.11 Å². The molecule has 0 saturated heterocycles. The van der Waals surface area contributed by atoms with E-state index in [-0.39, 0.29) is 0 Å². The van der Waals surface area contributed by atoms with Gasteiger partial charge in [0, 0.05) is 15.6 Å². The molecule has 1 unspecified atom stereocenters. The summed E-state index contributed by atoms with van der Waals surface area (Å²) in [4.78, 5) is 4.98. The summed E-state index contributed by atoms with van der Waals surface area (Å²) in [5, 5.41) is 12.9. The topological polar surface area (TPSA) is 47.4 Å². The first-order valence-electron chi connectivity index (χ1n) is 6.90. The van der Waals surface area contributed by atoms with E-state index in [0.29, 0.717) is 5.92 Å². The number of hydrogen-bond donors (Lipinski definition) is 0. The summed E-state index contributed by atoms with van der Waals surface area (Å²) < 4.78 is 1.05. The van der Waals surface area contributed by atoms with Crippen molar-refractivity contribution in [2.45, 2.75) is 19.8 Å². The summed E-state index contributed by atoms with van der Waals surface area (Å²) in [7, 11) is 1.58. The molecule has 1 aliphatic carbocycles. The summed E-state index contributed by atoms with van der Waals surface area (Å²) in [5.41, 5.74) is 4.93. The molecule has 1 heterocycles. The molecule has 0 bridgehead atoms. The fourth-order valence-corrected chi connectivity index (χ4v) is 2.88. The lowest BCUT2D eigenvalue weighted by Gasteiger charge is -2.21. The molecule has 5 heteroatoms. The lowest BCUT2D eigenvalue weighted by molar-refractivity contribution is 0.212. The minimum Gasteiger partial charge on any atom is -0.399 e. The van der Waals surface area contributed by atoms with E-state index in [2.05, 4.69) is 44.3 Å². The maximum Gasteiger partial charge on any atom is 0.106 e. The smallest absolute Gasteiger partial charge is 0.106 e. The molecule has 3 rings (SSSR count). The Morgan fingerprint density at radius 2 is 1.95 bits per heavy atom. The molecule has 1 atom stereocenters. The van der Waals surface area contributed by atoms with Crippen molar-refractivity contribution in [3.8, 4) is 11.3 Å². The second-order valence-electron chi connectivity index (χ2n) is 5.33. The number of rotatable bonds is 2. The van der Waals surface area contributed by atoms with Crippen LogP contribution in [-0.4, -0.2) is 23.0 Å². The van der Waals surface area contributed by atoms with Crippen LogP contribution in [-0.2, 0) is 11.3 Å². The average Bonchev–Trinajstić information content (AvgIpc) is 2.48. The van der Waals surface area contributed by atoms with Gasteiger partial charge in [-0.15, -0.1) is 0 Å². The summed E-state index contributed by atoms with van der Waals surface area (Å²) in [5.74, 6) is 0.513. The molecule has 0 spiro atoms. The number of nitrogens with zero attached hydrogens (tertiary/aromatic N) is 3. The molecule has 0 aliphatic heterocycles. The van der Waals surface area contributed by atoms with E-state index in [4.69, 9.17) is 4.84 Å². The predicted octanol–water partition coefficient (Wildman–Crippen LogP) is 3.84. The second-order valence-corrected chi connectivity index (χ2v) is 6.25. The predicted molar refractivity (Wildman–Crippen MR) is 86.2 cm³/mol. The first-order chi connectivity index (χ1) is 10.2. The van der Waals surface area contributed by atoms with Crippen LogP contribution < -0.4 is 0 Å². The van der Waals surface area contributed by atoms with Crippen molar-refractivity contribution in [2.75, 3.05) is 7.11 Å². The number of oxime groups is 1. The van der Waals surface area contributed by atoms with Crippen LogP contribution in [0.1, 0.15) is 24.6 Å². The Hall–Kier alpha value is -1.75. The maximum absolute atomic E-state index is 4.98. The fourth-order valence-electron chi connectivity index (χ4n) is 2.62. The van der Waals surface area contributed by atoms with Crippen molar-refractivity contribution < 1.29 is 4.84 Å². The monoisotopic (exact) mass is 345 g/mol. The molecule has 108 valence electrons. The van der Waals surface area contributed by atoms with Crippen LogP contribution in [0, 0.1) is 5.92 Å². The Bertz CT molecular complexity index is 682. The third kappa shape index (κ3) is 2.97. The maximum atomic E-state index is 4.98. The highest BCUT2D eigenvalue weighted by molar-refractivity contribution is 9.10. The van der Waals surface area contributed by atoms with Gasteiger partial charge in [0.1, 0.15) is 7.11 Å². The van der Waals surface area contributed by atoms with Crippen LogP contribution in [0.3, 0.4) is 0 Å². The average molecular weight is 346 g/mol. The molecule has 1 aromatic heterocycles. The van der Waals surface area contributed by atoms with Crippen LogP contribution in [0.2, 0.25) is 0 Å². The van der Waals surface area contributed by atoms with Crippen LogP contribution in [0.4, 0.5) is 0 Å². The van der Waals surface area contributed by atoms with Gasteiger partial charge in [-0.3, -0.25) is 0 Å². The van der Waals surface area contributed by atoms with Crippen molar-refractivity contribution >= 4 is 21.6 Å². The Kier molecular flexibility index (Phi) is 4.01.